The molecular weight excluding hydrogens is 226 g/mol. The molecule has 92 valence electrons. The SMILES string of the molecule is CNC(=CC(=O)OC)c1cccc2ccccc12. The van der Waals surface area contributed by atoms with Crippen LogP contribution in [-0.2, 0) is 9.53 Å². The van der Waals surface area contributed by atoms with E-state index in [1.165, 1.54) is 13.2 Å². The Morgan fingerprint density at radius 2 is 1.89 bits per heavy atom. The number of benzene rings is 2. The van der Waals surface area contributed by atoms with Gasteiger partial charge in [0.05, 0.1) is 7.11 Å². The number of ether oxygens (including phenoxy) is 1. The lowest BCUT2D eigenvalue weighted by atomic mass is 10.0. The largest absolute Gasteiger partial charge is 0.466 e. The maximum Gasteiger partial charge on any atom is 0.332 e. The average Bonchev–Trinajstić information content (AvgIpc) is 2.44. The van der Waals surface area contributed by atoms with E-state index in [2.05, 4.69) is 10.1 Å². The third-order valence-electron chi connectivity index (χ3n) is 2.81. The van der Waals surface area contributed by atoms with E-state index in [4.69, 9.17) is 0 Å². The highest BCUT2D eigenvalue weighted by Crippen LogP contribution is 2.23. The predicted molar refractivity (Wildman–Crippen MR) is 73.0 cm³/mol. The molecule has 0 radical (unpaired) electrons. The van der Waals surface area contributed by atoms with Crippen LogP contribution in [0.5, 0.6) is 0 Å². The van der Waals surface area contributed by atoms with Gasteiger partial charge in [-0.15, -0.1) is 0 Å². The summed E-state index contributed by atoms with van der Waals surface area (Å²) in [6.07, 6.45) is 1.46. The number of carbonyl (C=O) groups excluding carboxylic acids is 1. The van der Waals surface area contributed by atoms with Gasteiger partial charge in [0, 0.05) is 24.4 Å². The van der Waals surface area contributed by atoms with Gasteiger partial charge in [0.2, 0.25) is 0 Å². The molecule has 0 aromatic heterocycles. The molecule has 0 fully saturated rings. The lowest BCUT2D eigenvalue weighted by Crippen LogP contribution is -2.08. The molecule has 0 spiro atoms. The van der Waals surface area contributed by atoms with Crippen molar-refractivity contribution < 1.29 is 9.53 Å². The summed E-state index contributed by atoms with van der Waals surface area (Å²) in [4.78, 5) is 11.4. The monoisotopic (exact) mass is 241 g/mol. The van der Waals surface area contributed by atoms with E-state index in [-0.39, 0.29) is 5.97 Å². The second-order valence-corrected chi connectivity index (χ2v) is 3.86. The van der Waals surface area contributed by atoms with Crippen LogP contribution in [-0.4, -0.2) is 20.1 Å². The fraction of sp³-hybridized carbons (Fsp3) is 0.133. The average molecular weight is 241 g/mol. The predicted octanol–water partition coefficient (Wildman–Crippen LogP) is 2.57. The Balaban J connectivity index is 2.58. The second kappa shape index (κ2) is 5.36. The summed E-state index contributed by atoms with van der Waals surface area (Å²) in [5.41, 5.74) is 1.74. The zero-order chi connectivity index (χ0) is 13.0. The first kappa shape index (κ1) is 12.2. The Morgan fingerprint density at radius 3 is 2.61 bits per heavy atom. The molecule has 2 rings (SSSR count). The Labute approximate surface area is 106 Å². The van der Waals surface area contributed by atoms with Crippen molar-refractivity contribution in [2.75, 3.05) is 14.2 Å². The van der Waals surface area contributed by atoms with Crippen molar-refractivity contribution in [1.82, 2.24) is 5.32 Å². The van der Waals surface area contributed by atoms with Gasteiger partial charge >= 0.3 is 5.97 Å². The topological polar surface area (TPSA) is 38.3 Å². The zero-order valence-corrected chi connectivity index (χ0v) is 10.4. The molecule has 0 aliphatic heterocycles. The van der Waals surface area contributed by atoms with Gasteiger partial charge in [-0.05, 0) is 10.8 Å². The first-order valence-electron chi connectivity index (χ1n) is 5.72. The zero-order valence-electron chi connectivity index (χ0n) is 10.4. The summed E-state index contributed by atoms with van der Waals surface area (Å²) >= 11 is 0. The van der Waals surface area contributed by atoms with Crippen LogP contribution in [0, 0.1) is 0 Å². The van der Waals surface area contributed by atoms with Gasteiger partial charge in [-0.25, -0.2) is 4.79 Å². The molecule has 0 bridgehead atoms. The Kier molecular flexibility index (Phi) is 3.63. The second-order valence-electron chi connectivity index (χ2n) is 3.86. The highest BCUT2D eigenvalue weighted by Gasteiger charge is 2.06. The van der Waals surface area contributed by atoms with Crippen LogP contribution in [0.1, 0.15) is 5.56 Å². The van der Waals surface area contributed by atoms with Crippen molar-refractivity contribution in [3.05, 3.63) is 54.1 Å². The maximum atomic E-state index is 11.4. The fourth-order valence-corrected chi connectivity index (χ4v) is 1.92. The standard InChI is InChI=1S/C15H15NO2/c1-16-14(10-15(17)18-2)13-9-5-7-11-6-3-4-8-12(11)13/h3-10,16H,1-2H3. The molecule has 0 aliphatic rings. The summed E-state index contributed by atoms with van der Waals surface area (Å²) in [5.74, 6) is -0.368. The van der Waals surface area contributed by atoms with Gasteiger partial charge in [0.25, 0.3) is 0 Å². The molecule has 0 unspecified atom stereocenters. The fourth-order valence-electron chi connectivity index (χ4n) is 1.92. The molecule has 3 nitrogen and oxygen atoms in total. The normalized spacial score (nSPS) is 11.3. The number of rotatable bonds is 3. The van der Waals surface area contributed by atoms with E-state index in [1.54, 1.807) is 7.05 Å². The van der Waals surface area contributed by atoms with E-state index >= 15 is 0 Å². The third-order valence-corrected chi connectivity index (χ3v) is 2.81. The number of fused-ring (bicyclic) bond motifs is 1. The van der Waals surface area contributed by atoms with Gasteiger partial charge in [0.1, 0.15) is 0 Å². The van der Waals surface area contributed by atoms with Gasteiger partial charge < -0.3 is 10.1 Å². The highest BCUT2D eigenvalue weighted by atomic mass is 16.5. The van der Waals surface area contributed by atoms with Crippen molar-refractivity contribution in [2.45, 2.75) is 0 Å². The van der Waals surface area contributed by atoms with E-state index in [1.807, 2.05) is 42.5 Å². The lowest BCUT2D eigenvalue weighted by molar-refractivity contribution is -0.134. The molecule has 3 heteroatoms. The van der Waals surface area contributed by atoms with Gasteiger partial charge in [-0.2, -0.15) is 0 Å². The molecule has 2 aromatic carbocycles. The van der Waals surface area contributed by atoms with Crippen molar-refractivity contribution in [2.24, 2.45) is 0 Å². The maximum absolute atomic E-state index is 11.4. The summed E-state index contributed by atoms with van der Waals surface area (Å²) in [6, 6.07) is 14.1. The highest BCUT2D eigenvalue weighted by molar-refractivity contribution is 5.98. The van der Waals surface area contributed by atoms with Gasteiger partial charge in [-0.3, -0.25) is 0 Å². The van der Waals surface area contributed by atoms with Crippen molar-refractivity contribution in [1.29, 1.82) is 0 Å². The van der Waals surface area contributed by atoms with Crippen molar-refractivity contribution in [3.63, 3.8) is 0 Å². The molecule has 0 heterocycles. The van der Waals surface area contributed by atoms with Gasteiger partial charge in [-0.1, -0.05) is 42.5 Å². The minimum atomic E-state index is -0.368. The number of hydrogen-bond acceptors (Lipinski definition) is 3. The Morgan fingerprint density at radius 1 is 1.17 bits per heavy atom. The van der Waals surface area contributed by atoms with Crippen LogP contribution in [0.3, 0.4) is 0 Å². The smallest absolute Gasteiger partial charge is 0.332 e. The number of methoxy groups -OCH3 is 1. The molecule has 0 atom stereocenters. The first-order valence-corrected chi connectivity index (χ1v) is 5.72. The van der Waals surface area contributed by atoms with E-state index in [0.717, 1.165) is 22.0 Å². The molecule has 0 amide bonds. The first-order chi connectivity index (χ1) is 8.76. The molecule has 0 saturated heterocycles. The third kappa shape index (κ3) is 2.35. The van der Waals surface area contributed by atoms with Crippen LogP contribution < -0.4 is 5.32 Å². The van der Waals surface area contributed by atoms with Crippen molar-refractivity contribution >= 4 is 22.4 Å². The van der Waals surface area contributed by atoms with E-state index in [0.29, 0.717) is 0 Å². The van der Waals surface area contributed by atoms with E-state index in [9.17, 15) is 4.79 Å². The summed E-state index contributed by atoms with van der Waals surface area (Å²) in [5, 5.41) is 5.28. The number of carbonyl (C=O) groups is 1. The molecule has 2 aromatic rings. The Hall–Kier alpha value is -2.29. The minimum absolute atomic E-state index is 0.368. The summed E-state index contributed by atoms with van der Waals surface area (Å²) < 4.78 is 4.66. The van der Waals surface area contributed by atoms with Crippen LogP contribution in [0.25, 0.3) is 16.5 Å². The molecular formula is C15H15NO2. The Bertz CT molecular complexity index is 597. The number of nitrogens with one attached hydrogen (secondary N) is 1. The number of esters is 1. The summed E-state index contributed by atoms with van der Waals surface area (Å²) in [7, 11) is 3.16. The van der Waals surface area contributed by atoms with Crippen molar-refractivity contribution in [3.8, 4) is 0 Å². The molecule has 18 heavy (non-hydrogen) atoms. The van der Waals surface area contributed by atoms with Crippen LogP contribution in [0.2, 0.25) is 0 Å². The molecule has 1 N–H and O–H groups in total. The minimum Gasteiger partial charge on any atom is -0.466 e. The van der Waals surface area contributed by atoms with Crippen LogP contribution >= 0.6 is 0 Å². The van der Waals surface area contributed by atoms with Crippen LogP contribution in [0.4, 0.5) is 0 Å². The molecule has 0 aliphatic carbocycles. The lowest BCUT2D eigenvalue weighted by Gasteiger charge is -2.10. The van der Waals surface area contributed by atoms with Gasteiger partial charge in [0.15, 0.2) is 0 Å². The number of hydrogen-bond donors (Lipinski definition) is 1. The van der Waals surface area contributed by atoms with Crippen LogP contribution in [0.15, 0.2) is 48.5 Å². The summed E-state index contributed by atoms with van der Waals surface area (Å²) in [6.45, 7) is 0. The van der Waals surface area contributed by atoms with E-state index < -0.39 is 0 Å². The molecule has 0 saturated carbocycles. The quantitative estimate of drug-likeness (QED) is 0.663.